The molecule has 2 amide bonds. The molecule has 0 aliphatic rings. The smallest absolute Gasteiger partial charge is 0.252 e. The van der Waals surface area contributed by atoms with E-state index in [9.17, 15) is 9.59 Å². The van der Waals surface area contributed by atoms with Crippen molar-refractivity contribution in [1.29, 1.82) is 0 Å². The van der Waals surface area contributed by atoms with Crippen molar-refractivity contribution in [1.82, 2.24) is 5.32 Å². The van der Waals surface area contributed by atoms with Crippen LogP contribution in [-0.2, 0) is 4.79 Å². The van der Waals surface area contributed by atoms with Crippen LogP contribution in [0.25, 0.3) is 0 Å². The second kappa shape index (κ2) is 7.28. The summed E-state index contributed by atoms with van der Waals surface area (Å²) in [5.41, 5.74) is 5.41. The van der Waals surface area contributed by atoms with Crippen LogP contribution in [0.5, 0.6) is 0 Å². The van der Waals surface area contributed by atoms with Gasteiger partial charge in [-0.3, -0.25) is 9.59 Å². The lowest BCUT2D eigenvalue weighted by Gasteiger charge is -2.07. The summed E-state index contributed by atoms with van der Waals surface area (Å²) in [4.78, 5) is 23.0. The summed E-state index contributed by atoms with van der Waals surface area (Å²) in [6.07, 6.45) is 1.70. The van der Waals surface area contributed by atoms with Gasteiger partial charge in [0.15, 0.2) is 0 Å². The number of nitrogens with one attached hydrogen (secondary N) is 1. The number of carbonyl (C=O) groups is 2. The highest BCUT2D eigenvalue weighted by atomic mass is 35.5. The topological polar surface area (TPSA) is 72.2 Å². The standard InChI is InChI=1S/C12H15ClN2O2S/c13-10-5-4-8(18)7-9(10)12(17)15-6-2-1-3-11(14)16/h4-5,7,18H,1-3,6H2,(H2,14,16)(H,15,17). The van der Waals surface area contributed by atoms with E-state index >= 15 is 0 Å². The van der Waals surface area contributed by atoms with Gasteiger partial charge in [-0.05, 0) is 31.0 Å². The molecule has 1 aromatic carbocycles. The van der Waals surface area contributed by atoms with Gasteiger partial charge in [-0.2, -0.15) is 0 Å². The summed E-state index contributed by atoms with van der Waals surface area (Å²) in [6.45, 7) is 0.485. The van der Waals surface area contributed by atoms with Gasteiger partial charge in [0.2, 0.25) is 5.91 Å². The molecule has 0 heterocycles. The SMILES string of the molecule is NC(=O)CCCCNC(=O)c1cc(S)ccc1Cl. The van der Waals surface area contributed by atoms with Crippen molar-refractivity contribution in [2.45, 2.75) is 24.2 Å². The monoisotopic (exact) mass is 286 g/mol. The highest BCUT2D eigenvalue weighted by Gasteiger charge is 2.09. The predicted molar refractivity (Wildman–Crippen MR) is 74.1 cm³/mol. The maximum absolute atomic E-state index is 11.8. The summed E-state index contributed by atoms with van der Waals surface area (Å²) in [5, 5.41) is 3.12. The number of thiol groups is 1. The molecule has 98 valence electrons. The summed E-state index contributed by atoms with van der Waals surface area (Å²) in [7, 11) is 0. The van der Waals surface area contributed by atoms with Crippen LogP contribution in [0.4, 0.5) is 0 Å². The average molecular weight is 287 g/mol. The van der Waals surface area contributed by atoms with Crippen molar-refractivity contribution >= 4 is 36.0 Å². The molecule has 3 N–H and O–H groups in total. The number of carbonyl (C=O) groups excluding carboxylic acids is 2. The van der Waals surface area contributed by atoms with Crippen molar-refractivity contribution in [2.24, 2.45) is 5.73 Å². The average Bonchev–Trinajstić information content (AvgIpc) is 2.31. The van der Waals surface area contributed by atoms with E-state index in [2.05, 4.69) is 17.9 Å². The molecule has 0 spiro atoms. The Morgan fingerprint density at radius 3 is 2.72 bits per heavy atom. The number of benzene rings is 1. The predicted octanol–water partition coefficient (Wildman–Crippen LogP) is 2.01. The quantitative estimate of drug-likeness (QED) is 0.553. The maximum atomic E-state index is 11.8. The number of halogens is 1. The van der Waals surface area contributed by atoms with E-state index in [-0.39, 0.29) is 11.8 Å². The van der Waals surface area contributed by atoms with E-state index in [1.54, 1.807) is 18.2 Å². The van der Waals surface area contributed by atoms with Gasteiger partial charge >= 0.3 is 0 Å². The highest BCUT2D eigenvalue weighted by Crippen LogP contribution is 2.19. The van der Waals surface area contributed by atoms with Gasteiger partial charge in [-0.15, -0.1) is 12.6 Å². The van der Waals surface area contributed by atoms with Crippen molar-refractivity contribution in [3.05, 3.63) is 28.8 Å². The van der Waals surface area contributed by atoms with Crippen LogP contribution in [-0.4, -0.2) is 18.4 Å². The van der Waals surface area contributed by atoms with Crippen LogP contribution >= 0.6 is 24.2 Å². The molecule has 0 aliphatic carbocycles. The number of primary amides is 1. The third-order valence-electron chi connectivity index (χ3n) is 2.33. The summed E-state index contributed by atoms with van der Waals surface area (Å²) < 4.78 is 0. The van der Waals surface area contributed by atoms with Crippen LogP contribution in [0, 0.1) is 0 Å². The minimum Gasteiger partial charge on any atom is -0.370 e. The molecule has 0 fully saturated rings. The lowest BCUT2D eigenvalue weighted by Crippen LogP contribution is -2.25. The Hall–Kier alpha value is -1.20. The minimum absolute atomic E-state index is 0.241. The van der Waals surface area contributed by atoms with Gasteiger partial charge in [0, 0.05) is 17.9 Å². The molecule has 0 aromatic heterocycles. The Bertz CT molecular complexity index is 452. The minimum atomic E-state index is -0.327. The summed E-state index contributed by atoms with van der Waals surface area (Å²) >= 11 is 10.1. The fourth-order valence-corrected chi connectivity index (χ4v) is 1.82. The normalized spacial score (nSPS) is 10.1. The number of unbranched alkanes of at least 4 members (excludes halogenated alkanes) is 1. The van der Waals surface area contributed by atoms with Crippen LogP contribution in [0.3, 0.4) is 0 Å². The zero-order chi connectivity index (χ0) is 13.5. The van der Waals surface area contributed by atoms with E-state index in [1.807, 2.05) is 0 Å². The Balaban J connectivity index is 2.41. The van der Waals surface area contributed by atoms with Crippen molar-refractivity contribution in [3.63, 3.8) is 0 Å². The Kier molecular flexibility index (Phi) is 6.01. The summed E-state index contributed by atoms with van der Waals surface area (Å²) in [5.74, 6) is -0.567. The number of rotatable bonds is 6. The van der Waals surface area contributed by atoms with Crippen LogP contribution in [0.1, 0.15) is 29.6 Å². The van der Waals surface area contributed by atoms with Crippen LogP contribution in [0.2, 0.25) is 5.02 Å². The lowest BCUT2D eigenvalue weighted by atomic mass is 10.2. The van der Waals surface area contributed by atoms with Crippen LogP contribution < -0.4 is 11.1 Å². The molecule has 18 heavy (non-hydrogen) atoms. The molecule has 0 unspecified atom stereocenters. The second-order valence-corrected chi connectivity index (χ2v) is 4.77. The van der Waals surface area contributed by atoms with Gasteiger partial charge < -0.3 is 11.1 Å². The molecule has 6 heteroatoms. The lowest BCUT2D eigenvalue weighted by molar-refractivity contribution is -0.118. The first-order valence-electron chi connectivity index (χ1n) is 5.55. The van der Waals surface area contributed by atoms with E-state index in [4.69, 9.17) is 17.3 Å². The van der Waals surface area contributed by atoms with Gasteiger partial charge in [0.25, 0.3) is 5.91 Å². The number of hydrogen-bond acceptors (Lipinski definition) is 3. The van der Waals surface area contributed by atoms with Gasteiger partial charge in [-0.25, -0.2) is 0 Å². The largest absolute Gasteiger partial charge is 0.370 e. The summed E-state index contributed by atoms with van der Waals surface area (Å²) in [6, 6.07) is 4.96. The van der Waals surface area contributed by atoms with Crippen LogP contribution in [0.15, 0.2) is 23.1 Å². The molecule has 0 saturated carbocycles. The molecule has 0 radical (unpaired) electrons. The Labute approximate surface area is 116 Å². The van der Waals surface area contributed by atoms with Crippen molar-refractivity contribution in [3.8, 4) is 0 Å². The van der Waals surface area contributed by atoms with E-state index < -0.39 is 0 Å². The number of hydrogen-bond donors (Lipinski definition) is 3. The van der Waals surface area contributed by atoms with E-state index in [0.717, 1.165) is 0 Å². The highest BCUT2D eigenvalue weighted by molar-refractivity contribution is 7.80. The molecule has 1 rings (SSSR count). The fourth-order valence-electron chi connectivity index (χ4n) is 1.41. The molecule has 0 saturated heterocycles. The van der Waals surface area contributed by atoms with Crippen molar-refractivity contribution in [2.75, 3.05) is 6.54 Å². The first kappa shape index (κ1) is 14.9. The molecule has 0 atom stereocenters. The molecule has 4 nitrogen and oxygen atoms in total. The number of amides is 2. The molecule has 0 aliphatic heterocycles. The molecular formula is C12H15ClN2O2S. The second-order valence-electron chi connectivity index (χ2n) is 3.84. The van der Waals surface area contributed by atoms with Gasteiger partial charge in [0.05, 0.1) is 10.6 Å². The first-order chi connectivity index (χ1) is 8.50. The van der Waals surface area contributed by atoms with E-state index in [1.165, 1.54) is 0 Å². The van der Waals surface area contributed by atoms with E-state index in [0.29, 0.717) is 41.3 Å². The third-order valence-corrected chi connectivity index (χ3v) is 2.94. The zero-order valence-corrected chi connectivity index (χ0v) is 11.4. The Morgan fingerprint density at radius 2 is 2.06 bits per heavy atom. The van der Waals surface area contributed by atoms with Crippen molar-refractivity contribution < 1.29 is 9.59 Å². The molecule has 1 aromatic rings. The third kappa shape index (κ3) is 4.98. The molecular weight excluding hydrogens is 272 g/mol. The maximum Gasteiger partial charge on any atom is 0.252 e. The zero-order valence-electron chi connectivity index (χ0n) is 9.78. The number of nitrogens with two attached hydrogens (primary N) is 1. The van der Waals surface area contributed by atoms with Gasteiger partial charge in [0.1, 0.15) is 0 Å². The fraction of sp³-hybridized carbons (Fsp3) is 0.333. The van der Waals surface area contributed by atoms with Gasteiger partial charge in [-0.1, -0.05) is 11.6 Å². The first-order valence-corrected chi connectivity index (χ1v) is 6.38. The molecule has 0 bridgehead atoms. The Morgan fingerprint density at radius 1 is 1.33 bits per heavy atom.